The Kier molecular flexibility index (Phi) is 3.42. The number of hydrogen-bond donors (Lipinski definition) is 0. The number of anilines is 1. The second kappa shape index (κ2) is 5.50. The Bertz CT molecular complexity index is 725. The number of rotatable bonds is 2. The first-order valence-electron chi connectivity index (χ1n) is 8.30. The van der Waals surface area contributed by atoms with Crippen LogP contribution in [0.25, 0.3) is 0 Å². The molecule has 0 aliphatic carbocycles. The van der Waals surface area contributed by atoms with Crippen LogP contribution in [0.2, 0.25) is 0 Å². The third-order valence-corrected chi connectivity index (χ3v) is 7.38. The summed E-state index contributed by atoms with van der Waals surface area (Å²) in [6.45, 7) is 3.71. The average molecular weight is 391 g/mol. The van der Waals surface area contributed by atoms with Crippen LogP contribution in [0.4, 0.5) is 5.69 Å². The molecule has 1 aromatic carbocycles. The Hall–Kier alpha value is -1.04. The third kappa shape index (κ3) is 2.24. The maximum absolute atomic E-state index is 6.39. The Labute approximate surface area is 149 Å². The minimum absolute atomic E-state index is 0.00678. The molecule has 5 heteroatoms. The lowest BCUT2D eigenvalue weighted by atomic mass is 9.83. The predicted octanol–water partition coefficient (Wildman–Crippen LogP) is 4.50. The van der Waals surface area contributed by atoms with Gasteiger partial charge in [-0.15, -0.1) is 11.3 Å². The molecule has 1 unspecified atom stereocenters. The van der Waals surface area contributed by atoms with E-state index < -0.39 is 0 Å². The van der Waals surface area contributed by atoms with E-state index in [2.05, 4.69) is 61.4 Å². The molecule has 0 spiro atoms. The van der Waals surface area contributed by atoms with Gasteiger partial charge in [0.15, 0.2) is 0 Å². The van der Waals surface area contributed by atoms with E-state index in [1.165, 1.54) is 43.0 Å². The first-order chi connectivity index (χ1) is 11.3. The van der Waals surface area contributed by atoms with E-state index in [4.69, 9.17) is 4.74 Å². The highest BCUT2D eigenvalue weighted by molar-refractivity contribution is 9.10. The summed E-state index contributed by atoms with van der Waals surface area (Å²) in [7, 11) is 0. The van der Waals surface area contributed by atoms with E-state index in [-0.39, 0.29) is 6.23 Å². The summed E-state index contributed by atoms with van der Waals surface area (Å²) in [5.41, 5.74) is 1.26. The first kappa shape index (κ1) is 14.3. The number of para-hydroxylation sites is 2. The van der Waals surface area contributed by atoms with Crippen LogP contribution in [0.15, 0.2) is 40.2 Å². The van der Waals surface area contributed by atoms with Crippen LogP contribution in [0, 0.1) is 5.92 Å². The molecule has 2 bridgehead atoms. The fraction of sp³-hybridized carbons (Fsp3) is 0.444. The van der Waals surface area contributed by atoms with Crippen molar-refractivity contribution in [1.82, 2.24) is 4.90 Å². The quantitative estimate of drug-likeness (QED) is 0.750. The van der Waals surface area contributed by atoms with Crippen molar-refractivity contribution < 1.29 is 4.74 Å². The standard InChI is InChI=1S/C18H19BrN2OS/c19-13-7-10-23-17(13)18-21(14-3-1-2-4-16(14)22-18)15-11-20-8-5-12(15)6-9-20/h1-4,7,10,12,15,18H,5-6,8-9,11H2/t15?,18-/m0/s1. The summed E-state index contributed by atoms with van der Waals surface area (Å²) in [4.78, 5) is 6.45. The normalized spacial score (nSPS) is 32.0. The maximum Gasteiger partial charge on any atom is 0.209 e. The van der Waals surface area contributed by atoms with E-state index in [0.29, 0.717) is 6.04 Å². The summed E-state index contributed by atoms with van der Waals surface area (Å²) in [6.07, 6.45) is 2.65. The van der Waals surface area contributed by atoms with E-state index in [1.807, 2.05) is 0 Å². The Morgan fingerprint density at radius 3 is 2.65 bits per heavy atom. The van der Waals surface area contributed by atoms with Crippen molar-refractivity contribution in [2.45, 2.75) is 25.1 Å². The number of piperidine rings is 3. The molecule has 0 N–H and O–H groups in total. The molecule has 5 heterocycles. The number of fused-ring (bicyclic) bond motifs is 4. The van der Waals surface area contributed by atoms with Gasteiger partial charge >= 0.3 is 0 Å². The van der Waals surface area contributed by atoms with Gasteiger partial charge in [-0.25, -0.2) is 0 Å². The van der Waals surface area contributed by atoms with Crippen molar-refractivity contribution in [3.63, 3.8) is 0 Å². The van der Waals surface area contributed by atoms with Gasteiger partial charge in [-0.05, 0) is 71.4 Å². The molecule has 3 fully saturated rings. The van der Waals surface area contributed by atoms with Gasteiger partial charge in [0.05, 0.1) is 10.6 Å². The van der Waals surface area contributed by atoms with Gasteiger partial charge in [-0.3, -0.25) is 0 Å². The molecule has 0 amide bonds. The minimum Gasteiger partial charge on any atom is -0.463 e. The van der Waals surface area contributed by atoms with Crippen LogP contribution in [-0.4, -0.2) is 30.6 Å². The lowest BCUT2D eigenvalue weighted by molar-refractivity contribution is 0.0704. The topological polar surface area (TPSA) is 15.7 Å². The largest absolute Gasteiger partial charge is 0.463 e. The number of thiophene rings is 1. The number of halogens is 1. The highest BCUT2D eigenvalue weighted by Crippen LogP contribution is 2.49. The molecule has 6 rings (SSSR count). The van der Waals surface area contributed by atoms with Crippen molar-refractivity contribution in [2.24, 2.45) is 5.92 Å². The third-order valence-electron chi connectivity index (χ3n) is 5.48. The minimum atomic E-state index is 0.00678. The Balaban J connectivity index is 1.58. The molecular weight excluding hydrogens is 372 g/mol. The summed E-state index contributed by atoms with van der Waals surface area (Å²) in [5, 5.41) is 2.14. The molecule has 1 aromatic heterocycles. The van der Waals surface area contributed by atoms with Crippen LogP contribution in [0.3, 0.4) is 0 Å². The van der Waals surface area contributed by atoms with Crippen molar-refractivity contribution in [2.75, 3.05) is 24.5 Å². The molecule has 2 atom stereocenters. The van der Waals surface area contributed by atoms with Gasteiger partial charge in [0.2, 0.25) is 6.23 Å². The smallest absolute Gasteiger partial charge is 0.209 e. The van der Waals surface area contributed by atoms with Gasteiger partial charge in [-0.1, -0.05) is 12.1 Å². The summed E-state index contributed by atoms with van der Waals surface area (Å²) in [6, 6.07) is 11.2. The molecule has 0 saturated carbocycles. The maximum atomic E-state index is 6.39. The van der Waals surface area contributed by atoms with Crippen LogP contribution in [-0.2, 0) is 0 Å². The summed E-state index contributed by atoms with van der Waals surface area (Å²) >= 11 is 5.48. The van der Waals surface area contributed by atoms with E-state index in [9.17, 15) is 0 Å². The van der Waals surface area contributed by atoms with Gasteiger partial charge in [0, 0.05) is 17.1 Å². The van der Waals surface area contributed by atoms with Crippen molar-refractivity contribution in [3.8, 4) is 5.75 Å². The fourth-order valence-corrected chi connectivity index (χ4v) is 5.93. The second-order valence-electron chi connectivity index (χ2n) is 6.68. The molecule has 0 radical (unpaired) electrons. The van der Waals surface area contributed by atoms with Gasteiger partial charge in [0.25, 0.3) is 0 Å². The van der Waals surface area contributed by atoms with Crippen molar-refractivity contribution >= 4 is 33.0 Å². The SMILES string of the molecule is Brc1ccsc1[C@@H]1Oc2ccccc2N1C1CN2CCC1CC2. The molecular formula is C18H19BrN2OS. The Morgan fingerprint density at radius 1 is 1.13 bits per heavy atom. The zero-order chi connectivity index (χ0) is 15.4. The number of nitrogens with zero attached hydrogens (tertiary/aromatic N) is 2. The summed E-state index contributed by atoms with van der Waals surface area (Å²) < 4.78 is 7.55. The molecule has 2 aromatic rings. The molecule has 23 heavy (non-hydrogen) atoms. The first-order valence-corrected chi connectivity index (χ1v) is 9.98. The lowest BCUT2D eigenvalue weighted by Crippen LogP contribution is -2.57. The predicted molar refractivity (Wildman–Crippen MR) is 97.3 cm³/mol. The van der Waals surface area contributed by atoms with E-state index in [0.717, 1.165) is 16.1 Å². The van der Waals surface area contributed by atoms with Crippen molar-refractivity contribution in [3.05, 3.63) is 45.1 Å². The lowest BCUT2D eigenvalue weighted by Gasteiger charge is -2.49. The average Bonchev–Trinajstić information content (AvgIpc) is 3.18. The van der Waals surface area contributed by atoms with Crippen LogP contribution in [0.1, 0.15) is 23.9 Å². The highest BCUT2D eigenvalue weighted by Gasteiger charge is 2.45. The number of ether oxygens (including phenoxy) is 1. The molecule has 3 saturated heterocycles. The zero-order valence-electron chi connectivity index (χ0n) is 12.8. The molecule has 4 aliphatic rings. The van der Waals surface area contributed by atoms with Crippen LogP contribution < -0.4 is 9.64 Å². The van der Waals surface area contributed by atoms with E-state index in [1.54, 1.807) is 11.3 Å². The fourth-order valence-electron chi connectivity index (χ4n) is 4.34. The van der Waals surface area contributed by atoms with Crippen molar-refractivity contribution in [1.29, 1.82) is 0 Å². The zero-order valence-corrected chi connectivity index (χ0v) is 15.2. The second-order valence-corrected chi connectivity index (χ2v) is 8.49. The van der Waals surface area contributed by atoms with E-state index >= 15 is 0 Å². The van der Waals surface area contributed by atoms with Gasteiger partial charge in [-0.2, -0.15) is 0 Å². The van der Waals surface area contributed by atoms with Crippen LogP contribution in [0.5, 0.6) is 5.75 Å². The van der Waals surface area contributed by atoms with Gasteiger partial charge in [0.1, 0.15) is 5.75 Å². The van der Waals surface area contributed by atoms with Crippen LogP contribution >= 0.6 is 27.3 Å². The number of hydrogen-bond acceptors (Lipinski definition) is 4. The molecule has 3 nitrogen and oxygen atoms in total. The molecule has 120 valence electrons. The highest BCUT2D eigenvalue weighted by atomic mass is 79.9. The monoisotopic (exact) mass is 390 g/mol. The molecule has 4 aliphatic heterocycles. The Morgan fingerprint density at radius 2 is 1.96 bits per heavy atom. The number of benzene rings is 1. The van der Waals surface area contributed by atoms with Gasteiger partial charge < -0.3 is 14.5 Å². The summed E-state index contributed by atoms with van der Waals surface area (Å²) in [5.74, 6) is 1.81.